The molecule has 4 aromatic rings. The molecule has 2 heterocycles. The summed E-state index contributed by atoms with van der Waals surface area (Å²) in [5, 5.41) is 0.284. The van der Waals surface area contributed by atoms with Crippen molar-refractivity contribution in [2.24, 2.45) is 0 Å². The molecule has 2 aromatic carbocycles. The maximum atomic E-state index is 12.2. The van der Waals surface area contributed by atoms with E-state index in [1.165, 1.54) is 48.1 Å². The fourth-order valence-corrected chi connectivity index (χ4v) is 3.88. The predicted molar refractivity (Wildman–Crippen MR) is 110 cm³/mol. The van der Waals surface area contributed by atoms with E-state index in [1.807, 2.05) is 0 Å². The number of fused-ring (bicyclic) bond motifs is 2. The maximum absolute atomic E-state index is 12.2. The molecule has 0 atom stereocenters. The molecule has 0 saturated heterocycles. The summed E-state index contributed by atoms with van der Waals surface area (Å²) in [4.78, 5) is 20.4. The van der Waals surface area contributed by atoms with Gasteiger partial charge in [0.2, 0.25) is 0 Å². The quantitative estimate of drug-likeness (QED) is 0.343. The highest BCUT2D eigenvalue weighted by Crippen LogP contribution is 2.34. The van der Waals surface area contributed by atoms with Crippen LogP contribution in [0.2, 0.25) is 0 Å². The largest absolute Gasteiger partial charge is 0.420 e. The van der Waals surface area contributed by atoms with Crippen LogP contribution in [0, 0.1) is 0 Å². The van der Waals surface area contributed by atoms with Gasteiger partial charge in [0.25, 0.3) is 0 Å². The second-order valence-corrected chi connectivity index (χ2v) is 7.64. The van der Waals surface area contributed by atoms with Gasteiger partial charge in [-0.3, -0.25) is 9.12 Å². The van der Waals surface area contributed by atoms with Crippen molar-refractivity contribution < 1.29 is 22.1 Å². The Morgan fingerprint density at radius 3 is 2.63 bits per heavy atom. The molecule has 0 aliphatic carbocycles. The van der Waals surface area contributed by atoms with Crippen LogP contribution < -0.4 is 15.8 Å². The van der Waals surface area contributed by atoms with Gasteiger partial charge in [-0.1, -0.05) is 0 Å². The zero-order valence-corrected chi connectivity index (χ0v) is 16.5. The van der Waals surface area contributed by atoms with E-state index in [0.717, 1.165) is 6.33 Å². The van der Waals surface area contributed by atoms with Crippen LogP contribution in [-0.2, 0) is 21.6 Å². The van der Waals surface area contributed by atoms with Gasteiger partial charge in [-0.2, -0.15) is 12.7 Å². The van der Waals surface area contributed by atoms with Gasteiger partial charge in [-0.05, 0) is 30.3 Å². The molecule has 0 spiro atoms. The van der Waals surface area contributed by atoms with Crippen LogP contribution in [0.4, 0.5) is 17.2 Å². The van der Waals surface area contributed by atoms with Gasteiger partial charge in [0.1, 0.15) is 6.33 Å². The lowest BCUT2D eigenvalue weighted by molar-refractivity contribution is 0.186. The number of rotatable bonds is 6. The normalized spacial score (nSPS) is 11.9. The lowest BCUT2D eigenvalue weighted by Gasteiger charge is -2.21. The molecule has 2 aromatic heterocycles. The molecule has 3 N–H and O–H groups in total. The first-order valence-electron chi connectivity index (χ1n) is 8.70. The van der Waals surface area contributed by atoms with Crippen molar-refractivity contribution in [3.63, 3.8) is 0 Å². The first-order chi connectivity index (χ1) is 14.3. The number of hydrogen-bond donors (Lipinski definition) is 2. The van der Waals surface area contributed by atoms with Crippen molar-refractivity contribution in [1.29, 1.82) is 0 Å². The molecule has 0 radical (unpaired) electrons. The fourth-order valence-electron chi connectivity index (χ4n) is 3.13. The summed E-state index contributed by atoms with van der Waals surface area (Å²) in [7, 11) is -3.25. The predicted octanol–water partition coefficient (Wildman–Crippen LogP) is 1.71. The number of anilines is 3. The van der Waals surface area contributed by atoms with Crippen LogP contribution in [0.25, 0.3) is 22.0 Å². The van der Waals surface area contributed by atoms with E-state index in [2.05, 4.69) is 9.97 Å². The Hall–Kier alpha value is -3.48. The molecule has 11 nitrogen and oxygen atoms in total. The fraction of sp³-hybridized carbons (Fsp3) is 0.167. The second kappa shape index (κ2) is 7.40. The summed E-state index contributed by atoms with van der Waals surface area (Å²) in [6, 6.07) is 8.90. The summed E-state index contributed by atoms with van der Waals surface area (Å²) in [5.74, 6) is -0.682. The number of nitrogens with two attached hydrogens (primary N) is 1. The Bertz CT molecular complexity index is 1390. The van der Waals surface area contributed by atoms with Gasteiger partial charge >= 0.3 is 16.1 Å². The third-order valence-corrected chi connectivity index (χ3v) is 5.32. The van der Waals surface area contributed by atoms with Crippen LogP contribution in [-0.4, -0.2) is 41.2 Å². The molecule has 12 heteroatoms. The van der Waals surface area contributed by atoms with Crippen molar-refractivity contribution in [3.8, 4) is 0 Å². The lowest BCUT2D eigenvalue weighted by atomic mass is 10.2. The zero-order valence-electron chi connectivity index (χ0n) is 15.7. The molecular formula is C18H17N5O6S. The number of nitrogen functional groups attached to an aromatic ring is 1. The van der Waals surface area contributed by atoms with Gasteiger partial charge in [-0.25, -0.2) is 14.8 Å². The van der Waals surface area contributed by atoms with E-state index >= 15 is 0 Å². The van der Waals surface area contributed by atoms with Crippen molar-refractivity contribution >= 4 is 49.5 Å². The molecule has 0 amide bonds. The van der Waals surface area contributed by atoms with Gasteiger partial charge < -0.3 is 14.9 Å². The molecule has 0 aliphatic heterocycles. The van der Waals surface area contributed by atoms with Gasteiger partial charge in [0, 0.05) is 24.2 Å². The maximum Gasteiger partial charge on any atom is 0.420 e. The average Bonchev–Trinajstić information content (AvgIpc) is 2.99. The highest BCUT2D eigenvalue weighted by molar-refractivity contribution is 7.87. The van der Waals surface area contributed by atoms with Gasteiger partial charge in [-0.15, -0.1) is 0 Å². The van der Waals surface area contributed by atoms with Crippen LogP contribution in [0.3, 0.4) is 0 Å². The van der Waals surface area contributed by atoms with E-state index < -0.39 is 16.1 Å². The van der Waals surface area contributed by atoms with Crippen LogP contribution >= 0.6 is 0 Å². The third kappa shape index (κ3) is 3.47. The molecule has 4 rings (SSSR count). The highest BCUT2D eigenvalue weighted by Gasteiger charge is 2.26. The number of ether oxygens (including phenoxy) is 1. The van der Waals surface area contributed by atoms with Crippen molar-refractivity contribution in [2.75, 3.05) is 23.8 Å². The number of aromatic nitrogens is 3. The number of oxazole rings is 1. The SMILES string of the molecule is COCCn1c(=O)oc2cc3ncnc(N(c4ccc(N)cc4)S(=O)(=O)O)c3cc21. The zero-order chi connectivity index (χ0) is 21.5. The topological polar surface area (TPSA) is 154 Å². The molecule has 0 bridgehead atoms. The van der Waals surface area contributed by atoms with Gasteiger partial charge in [0.05, 0.1) is 29.9 Å². The van der Waals surface area contributed by atoms with E-state index in [9.17, 15) is 17.8 Å². The van der Waals surface area contributed by atoms with Crippen LogP contribution in [0.1, 0.15) is 0 Å². The molecule has 0 aliphatic rings. The summed E-state index contributed by atoms with van der Waals surface area (Å²) in [5.41, 5.74) is 7.23. The minimum atomic E-state index is -4.76. The van der Waals surface area contributed by atoms with Gasteiger partial charge in [0.15, 0.2) is 11.4 Å². The first-order valence-corrected chi connectivity index (χ1v) is 10.1. The van der Waals surface area contributed by atoms with Crippen molar-refractivity contribution in [2.45, 2.75) is 6.54 Å². The van der Waals surface area contributed by atoms with E-state index in [1.54, 1.807) is 0 Å². The second-order valence-electron chi connectivity index (χ2n) is 6.38. The Morgan fingerprint density at radius 1 is 1.23 bits per heavy atom. The van der Waals surface area contributed by atoms with E-state index in [-0.39, 0.29) is 35.6 Å². The molecule has 0 saturated carbocycles. The Labute approximate surface area is 170 Å². The molecule has 30 heavy (non-hydrogen) atoms. The summed E-state index contributed by atoms with van der Waals surface area (Å²) in [6.07, 6.45) is 1.15. The van der Waals surface area contributed by atoms with Crippen molar-refractivity contribution in [3.05, 3.63) is 53.3 Å². The molecule has 0 fully saturated rings. The standard InChI is InChI=1S/C18H17N5O6S/c1-28-7-6-22-15-8-13-14(9-16(15)29-18(22)24)20-10-21-17(13)23(30(25,26)27)12-4-2-11(19)3-5-12/h2-5,8-10H,6-7,19H2,1H3,(H,25,26,27). The Balaban J connectivity index is 2.00. The van der Waals surface area contributed by atoms with Crippen molar-refractivity contribution in [1.82, 2.24) is 14.5 Å². The number of methoxy groups -OCH3 is 1. The Kier molecular flexibility index (Phi) is 4.89. The van der Waals surface area contributed by atoms with Crippen LogP contribution in [0.15, 0.2) is 51.9 Å². The highest BCUT2D eigenvalue weighted by atomic mass is 32.2. The number of hydrogen-bond acceptors (Lipinski definition) is 8. The Morgan fingerprint density at radius 2 is 1.97 bits per heavy atom. The average molecular weight is 431 g/mol. The molecule has 0 unspecified atom stereocenters. The number of nitrogens with zero attached hydrogens (tertiary/aromatic N) is 4. The minimum absolute atomic E-state index is 0.0962. The lowest BCUT2D eigenvalue weighted by Crippen LogP contribution is -2.26. The smallest absolute Gasteiger partial charge is 0.408 e. The summed E-state index contributed by atoms with van der Waals surface area (Å²) < 4.78 is 46.7. The summed E-state index contributed by atoms with van der Waals surface area (Å²) in [6.45, 7) is 0.504. The van der Waals surface area contributed by atoms with Crippen LogP contribution in [0.5, 0.6) is 0 Å². The first kappa shape index (κ1) is 19.8. The van der Waals surface area contributed by atoms with E-state index in [0.29, 0.717) is 21.0 Å². The van der Waals surface area contributed by atoms with E-state index in [4.69, 9.17) is 14.9 Å². The third-order valence-electron chi connectivity index (χ3n) is 4.47. The summed E-state index contributed by atoms with van der Waals surface area (Å²) >= 11 is 0. The minimum Gasteiger partial charge on any atom is -0.408 e. The monoisotopic (exact) mass is 431 g/mol. The molecule has 156 valence electrons. The number of benzene rings is 2. The molecular weight excluding hydrogens is 414 g/mol.